The van der Waals surface area contributed by atoms with E-state index in [4.69, 9.17) is 0 Å². The molecule has 3 aromatic rings. The molecule has 0 aliphatic carbocycles. The van der Waals surface area contributed by atoms with E-state index < -0.39 is 0 Å². The molecule has 20 heavy (non-hydrogen) atoms. The third-order valence-corrected chi connectivity index (χ3v) is 3.49. The molecule has 0 saturated heterocycles. The molecule has 0 fully saturated rings. The average molecular weight is 267 g/mol. The highest BCUT2D eigenvalue weighted by Crippen LogP contribution is 2.16. The van der Waals surface area contributed by atoms with Crippen LogP contribution in [-0.2, 0) is 6.54 Å². The zero-order chi connectivity index (χ0) is 14.1. The molecule has 0 spiro atoms. The second kappa shape index (κ2) is 4.96. The monoisotopic (exact) mass is 267 g/mol. The number of hydrogen-bond acceptors (Lipinski definition) is 2. The summed E-state index contributed by atoms with van der Waals surface area (Å²) in [5.74, 6) is 0. The maximum atomic E-state index is 12.3. The Morgan fingerprint density at radius 2 is 1.95 bits per heavy atom. The highest BCUT2D eigenvalue weighted by atomic mass is 16.1. The van der Waals surface area contributed by atoms with Crippen LogP contribution in [0.1, 0.15) is 25.5 Å². The van der Waals surface area contributed by atoms with Crippen LogP contribution in [0.5, 0.6) is 0 Å². The van der Waals surface area contributed by atoms with Crippen molar-refractivity contribution in [3.63, 3.8) is 0 Å². The second-order valence-corrected chi connectivity index (χ2v) is 5.20. The maximum absolute atomic E-state index is 12.3. The highest BCUT2D eigenvalue weighted by molar-refractivity contribution is 5.81. The van der Waals surface area contributed by atoms with Gasteiger partial charge in [-0.3, -0.25) is 14.1 Å². The lowest BCUT2D eigenvalue weighted by Gasteiger charge is -2.07. The minimum Gasteiger partial charge on any atom is -0.297 e. The predicted molar refractivity (Wildman–Crippen MR) is 79.9 cm³/mol. The summed E-state index contributed by atoms with van der Waals surface area (Å²) in [7, 11) is 0. The molecule has 3 rings (SSSR count). The lowest BCUT2D eigenvalue weighted by molar-refractivity contribution is 0.561. The highest BCUT2D eigenvalue weighted by Gasteiger charge is 2.08. The van der Waals surface area contributed by atoms with Crippen molar-refractivity contribution in [3.05, 3.63) is 65.0 Å². The Hall–Kier alpha value is -2.36. The van der Waals surface area contributed by atoms with E-state index in [1.807, 2.05) is 56.6 Å². The SMILES string of the molecule is CC(C)n1ccn(Cc2cccc3cccnc23)c1=O. The van der Waals surface area contributed by atoms with E-state index in [-0.39, 0.29) is 11.7 Å². The summed E-state index contributed by atoms with van der Waals surface area (Å²) in [6.07, 6.45) is 5.46. The van der Waals surface area contributed by atoms with Crippen molar-refractivity contribution >= 4 is 10.9 Å². The minimum atomic E-state index is 0.0212. The molecule has 0 amide bonds. The van der Waals surface area contributed by atoms with Gasteiger partial charge in [-0.2, -0.15) is 0 Å². The number of benzene rings is 1. The van der Waals surface area contributed by atoms with Gasteiger partial charge in [0, 0.05) is 30.0 Å². The van der Waals surface area contributed by atoms with Crippen LogP contribution >= 0.6 is 0 Å². The van der Waals surface area contributed by atoms with Gasteiger partial charge in [-0.1, -0.05) is 24.3 Å². The first kappa shape index (κ1) is 12.7. The molecule has 102 valence electrons. The Labute approximate surface area is 117 Å². The van der Waals surface area contributed by atoms with Crippen molar-refractivity contribution in [1.29, 1.82) is 0 Å². The Morgan fingerprint density at radius 3 is 2.70 bits per heavy atom. The topological polar surface area (TPSA) is 39.8 Å². The van der Waals surface area contributed by atoms with Crippen molar-refractivity contribution < 1.29 is 0 Å². The van der Waals surface area contributed by atoms with Gasteiger partial charge in [0.1, 0.15) is 0 Å². The summed E-state index contributed by atoms with van der Waals surface area (Å²) in [5.41, 5.74) is 2.04. The number of hydrogen-bond donors (Lipinski definition) is 0. The zero-order valence-electron chi connectivity index (χ0n) is 11.7. The first-order chi connectivity index (χ1) is 9.66. The van der Waals surface area contributed by atoms with Crippen LogP contribution in [0.25, 0.3) is 10.9 Å². The summed E-state index contributed by atoms with van der Waals surface area (Å²) in [5, 5.41) is 1.10. The molecule has 0 saturated carbocycles. The third kappa shape index (κ3) is 2.13. The van der Waals surface area contributed by atoms with E-state index in [0.717, 1.165) is 16.5 Å². The van der Waals surface area contributed by atoms with Gasteiger partial charge in [0.25, 0.3) is 0 Å². The number of para-hydroxylation sites is 1. The fraction of sp³-hybridized carbons (Fsp3) is 0.250. The summed E-state index contributed by atoms with van der Waals surface area (Å²) < 4.78 is 3.46. The first-order valence-corrected chi connectivity index (χ1v) is 6.76. The van der Waals surface area contributed by atoms with E-state index in [2.05, 4.69) is 4.98 Å². The van der Waals surface area contributed by atoms with Gasteiger partial charge in [-0.05, 0) is 25.5 Å². The van der Waals surface area contributed by atoms with Crippen molar-refractivity contribution in [2.24, 2.45) is 0 Å². The van der Waals surface area contributed by atoms with Crippen LogP contribution in [0.4, 0.5) is 0 Å². The van der Waals surface area contributed by atoms with Crippen LogP contribution < -0.4 is 5.69 Å². The molecule has 0 atom stereocenters. The van der Waals surface area contributed by atoms with Crippen LogP contribution in [0.3, 0.4) is 0 Å². The van der Waals surface area contributed by atoms with Gasteiger partial charge in [0.05, 0.1) is 12.1 Å². The van der Waals surface area contributed by atoms with Gasteiger partial charge < -0.3 is 0 Å². The van der Waals surface area contributed by atoms with Gasteiger partial charge in [0.2, 0.25) is 0 Å². The lowest BCUT2D eigenvalue weighted by atomic mass is 10.1. The lowest BCUT2D eigenvalue weighted by Crippen LogP contribution is -2.25. The fourth-order valence-corrected chi connectivity index (χ4v) is 2.42. The molecular formula is C16H17N3O. The molecule has 2 aromatic heterocycles. The van der Waals surface area contributed by atoms with Crippen LogP contribution in [0.15, 0.2) is 53.7 Å². The Kier molecular flexibility index (Phi) is 3.14. The van der Waals surface area contributed by atoms with Crippen molar-refractivity contribution in [3.8, 4) is 0 Å². The first-order valence-electron chi connectivity index (χ1n) is 6.76. The number of imidazole rings is 1. The van der Waals surface area contributed by atoms with Crippen molar-refractivity contribution in [2.75, 3.05) is 0 Å². The Bertz CT molecular complexity index is 793. The second-order valence-electron chi connectivity index (χ2n) is 5.20. The van der Waals surface area contributed by atoms with E-state index in [1.165, 1.54) is 0 Å². The molecule has 0 bridgehead atoms. The van der Waals surface area contributed by atoms with Crippen molar-refractivity contribution in [2.45, 2.75) is 26.4 Å². The number of rotatable bonds is 3. The summed E-state index contributed by atoms with van der Waals surface area (Å²) in [6, 6.07) is 10.2. The third-order valence-electron chi connectivity index (χ3n) is 3.49. The molecule has 4 heteroatoms. The van der Waals surface area contributed by atoms with E-state index >= 15 is 0 Å². The van der Waals surface area contributed by atoms with E-state index in [0.29, 0.717) is 6.54 Å². The molecule has 0 radical (unpaired) electrons. The largest absolute Gasteiger partial charge is 0.328 e. The molecule has 2 heterocycles. The molecule has 4 nitrogen and oxygen atoms in total. The Morgan fingerprint density at radius 1 is 1.15 bits per heavy atom. The number of fused-ring (bicyclic) bond motifs is 1. The standard InChI is InChI=1S/C16H17N3O/c1-12(2)19-10-9-18(16(19)20)11-14-6-3-5-13-7-4-8-17-15(13)14/h3-10,12H,11H2,1-2H3. The minimum absolute atomic E-state index is 0.0212. The predicted octanol–water partition coefficient (Wildman–Crippen LogP) is 2.83. The summed E-state index contributed by atoms with van der Waals surface area (Å²) in [4.78, 5) is 16.7. The fourth-order valence-electron chi connectivity index (χ4n) is 2.42. The van der Waals surface area contributed by atoms with E-state index in [9.17, 15) is 4.79 Å². The van der Waals surface area contributed by atoms with Gasteiger partial charge in [-0.15, -0.1) is 0 Å². The number of pyridine rings is 1. The smallest absolute Gasteiger partial charge is 0.297 e. The average Bonchev–Trinajstić information content (AvgIpc) is 2.81. The zero-order valence-corrected chi connectivity index (χ0v) is 11.7. The van der Waals surface area contributed by atoms with Crippen LogP contribution in [0.2, 0.25) is 0 Å². The molecule has 1 aromatic carbocycles. The molecule has 0 aliphatic heterocycles. The molecule has 0 N–H and O–H groups in total. The van der Waals surface area contributed by atoms with Gasteiger partial charge >= 0.3 is 5.69 Å². The van der Waals surface area contributed by atoms with Crippen molar-refractivity contribution in [1.82, 2.24) is 14.1 Å². The molecule has 0 unspecified atom stereocenters. The summed E-state index contributed by atoms with van der Waals surface area (Å²) in [6.45, 7) is 4.56. The maximum Gasteiger partial charge on any atom is 0.328 e. The van der Waals surface area contributed by atoms with E-state index in [1.54, 1.807) is 15.3 Å². The van der Waals surface area contributed by atoms with Gasteiger partial charge in [0.15, 0.2) is 0 Å². The van der Waals surface area contributed by atoms with Crippen LogP contribution in [0, 0.1) is 0 Å². The van der Waals surface area contributed by atoms with Gasteiger partial charge in [-0.25, -0.2) is 4.79 Å². The summed E-state index contributed by atoms with van der Waals surface area (Å²) >= 11 is 0. The quantitative estimate of drug-likeness (QED) is 0.732. The number of aromatic nitrogens is 3. The normalized spacial score (nSPS) is 11.3. The molecular weight excluding hydrogens is 250 g/mol. The van der Waals surface area contributed by atoms with Crippen LogP contribution in [-0.4, -0.2) is 14.1 Å². The number of nitrogens with zero attached hydrogens (tertiary/aromatic N) is 3. The molecule has 0 aliphatic rings. The Balaban J connectivity index is 2.04.